The number of hydrogen-bond acceptors (Lipinski definition) is 7. The van der Waals surface area contributed by atoms with E-state index in [0.717, 1.165) is 0 Å². The second-order valence-corrected chi connectivity index (χ2v) is 5.34. The first kappa shape index (κ1) is 14.0. The quantitative estimate of drug-likeness (QED) is 0.370. The second-order valence-electron chi connectivity index (χ2n) is 5.34. The van der Waals surface area contributed by atoms with E-state index < -0.39 is 0 Å². The monoisotopic (exact) mass is 324 g/mol. The molecule has 4 aromatic rings. The molecule has 0 spiro atoms. The van der Waals surface area contributed by atoms with Gasteiger partial charge in [0.2, 0.25) is 5.95 Å². The first-order valence-electron chi connectivity index (χ1n) is 7.07. The summed E-state index contributed by atoms with van der Waals surface area (Å²) in [6.07, 6.45) is 3.03. The van der Waals surface area contributed by atoms with Gasteiger partial charge in [0.1, 0.15) is 5.75 Å². The lowest BCUT2D eigenvalue weighted by molar-refractivity contribution is -0.665. The maximum Gasteiger partial charge on any atom is 0.392 e. The van der Waals surface area contributed by atoms with Crippen LogP contribution in [0.1, 0.15) is 0 Å². The summed E-state index contributed by atoms with van der Waals surface area (Å²) in [6.45, 7) is 0. The lowest BCUT2D eigenvalue weighted by Gasteiger charge is -2.03. The van der Waals surface area contributed by atoms with Gasteiger partial charge in [-0.25, -0.2) is 14.5 Å². The van der Waals surface area contributed by atoms with Crippen LogP contribution in [0.25, 0.3) is 27.8 Å². The summed E-state index contributed by atoms with van der Waals surface area (Å²) in [5.41, 5.74) is 13.9. The molecule has 120 valence electrons. The second kappa shape index (κ2) is 4.69. The van der Waals surface area contributed by atoms with Gasteiger partial charge in [0.05, 0.1) is 29.6 Å². The van der Waals surface area contributed by atoms with E-state index in [2.05, 4.69) is 15.0 Å². The highest BCUT2D eigenvalue weighted by Gasteiger charge is 2.24. The third kappa shape index (κ3) is 1.75. The third-order valence-electron chi connectivity index (χ3n) is 3.98. The zero-order valence-electron chi connectivity index (χ0n) is 12.7. The topological polar surface area (TPSA) is 139 Å². The molecule has 4 aromatic heterocycles. The van der Waals surface area contributed by atoms with Crippen LogP contribution in [0.2, 0.25) is 0 Å². The molecule has 0 aromatic carbocycles. The molecule has 6 N–H and O–H groups in total. The Bertz CT molecular complexity index is 1100. The number of nitrogens with two attached hydrogens (primary N) is 2. The Hall–Kier alpha value is -3.62. The molecular weight excluding hydrogens is 310 g/mol. The van der Waals surface area contributed by atoms with Gasteiger partial charge in [-0.3, -0.25) is 10.1 Å². The Labute approximate surface area is 135 Å². The molecule has 0 unspecified atom stereocenters. The van der Waals surface area contributed by atoms with Crippen molar-refractivity contribution >= 4 is 28.4 Å². The number of aromatic hydroxyl groups is 2. The molecule has 0 aliphatic carbocycles. The molecule has 0 saturated carbocycles. The minimum absolute atomic E-state index is 0.0196. The molecule has 0 aliphatic heterocycles. The SMILES string of the molecule is C[n+]1c(O)cc(-c2c3c(O)ccnc3n3c(N)nccc23)nc1N. The van der Waals surface area contributed by atoms with Gasteiger partial charge in [-0.2, -0.15) is 0 Å². The van der Waals surface area contributed by atoms with Gasteiger partial charge in [0.25, 0.3) is 5.88 Å². The van der Waals surface area contributed by atoms with Gasteiger partial charge in [0.15, 0.2) is 11.3 Å². The predicted molar refractivity (Wildman–Crippen MR) is 87.1 cm³/mol. The number of nitrogens with zero attached hydrogens (tertiary/aromatic N) is 5. The molecular formula is C15H14N7O2+. The van der Waals surface area contributed by atoms with Crippen molar-refractivity contribution in [1.82, 2.24) is 19.4 Å². The van der Waals surface area contributed by atoms with Crippen LogP contribution >= 0.6 is 0 Å². The van der Waals surface area contributed by atoms with E-state index >= 15 is 0 Å². The van der Waals surface area contributed by atoms with Gasteiger partial charge >= 0.3 is 5.95 Å². The highest BCUT2D eigenvalue weighted by atomic mass is 16.3. The van der Waals surface area contributed by atoms with Gasteiger partial charge in [-0.15, -0.1) is 0 Å². The molecule has 9 heteroatoms. The number of anilines is 2. The van der Waals surface area contributed by atoms with Crippen LogP contribution in [0.5, 0.6) is 11.6 Å². The van der Waals surface area contributed by atoms with Crippen molar-refractivity contribution in [3.05, 3.63) is 30.6 Å². The highest BCUT2D eigenvalue weighted by Crippen LogP contribution is 2.39. The molecule has 0 atom stereocenters. The average Bonchev–Trinajstić information content (AvgIpc) is 2.89. The minimum Gasteiger partial charge on any atom is -0.507 e. The average molecular weight is 324 g/mol. The summed E-state index contributed by atoms with van der Waals surface area (Å²) in [6, 6.07) is 4.67. The van der Waals surface area contributed by atoms with Gasteiger partial charge in [-0.05, 0) is 12.1 Å². The summed E-state index contributed by atoms with van der Waals surface area (Å²) < 4.78 is 2.96. The number of rotatable bonds is 1. The first-order chi connectivity index (χ1) is 11.5. The standard InChI is InChI=1S/C15H13N7O2/c1-21-10(24)6-7(20-15(21)17)11-8-2-4-19-14(16)22(8)13-12(11)9(23)3-5-18-13/h2-6H,1H3,(H5,16,17,18,19,20,23,24)/p+1. The van der Waals surface area contributed by atoms with Crippen molar-refractivity contribution in [2.24, 2.45) is 7.05 Å². The van der Waals surface area contributed by atoms with E-state index in [4.69, 9.17) is 11.5 Å². The molecule has 0 amide bonds. The summed E-state index contributed by atoms with van der Waals surface area (Å²) >= 11 is 0. The summed E-state index contributed by atoms with van der Waals surface area (Å²) in [7, 11) is 1.60. The van der Waals surface area contributed by atoms with Gasteiger partial charge in [0, 0.05) is 12.4 Å². The van der Waals surface area contributed by atoms with Crippen molar-refractivity contribution in [2.75, 3.05) is 11.5 Å². The van der Waals surface area contributed by atoms with E-state index in [1.165, 1.54) is 22.9 Å². The van der Waals surface area contributed by atoms with Gasteiger partial charge < -0.3 is 15.9 Å². The number of pyridine rings is 1. The van der Waals surface area contributed by atoms with E-state index in [9.17, 15) is 10.2 Å². The zero-order valence-corrected chi connectivity index (χ0v) is 12.7. The van der Waals surface area contributed by atoms with Crippen molar-refractivity contribution in [1.29, 1.82) is 0 Å². The van der Waals surface area contributed by atoms with Crippen LogP contribution in [0.15, 0.2) is 30.6 Å². The Kier molecular flexibility index (Phi) is 2.73. The molecule has 9 nitrogen and oxygen atoms in total. The van der Waals surface area contributed by atoms with Crippen LogP contribution in [-0.2, 0) is 7.05 Å². The van der Waals surface area contributed by atoms with E-state index in [1.54, 1.807) is 23.7 Å². The lowest BCUT2D eigenvalue weighted by Crippen LogP contribution is -2.33. The summed E-state index contributed by atoms with van der Waals surface area (Å²) in [5, 5.41) is 20.9. The van der Waals surface area contributed by atoms with Crippen LogP contribution in [-0.4, -0.2) is 29.6 Å². The van der Waals surface area contributed by atoms with E-state index in [0.29, 0.717) is 27.8 Å². The number of nitrogen functional groups attached to an aromatic ring is 2. The summed E-state index contributed by atoms with van der Waals surface area (Å²) in [5.74, 6) is 0.310. The Morgan fingerprint density at radius 2 is 1.88 bits per heavy atom. The predicted octanol–water partition coefficient (Wildman–Crippen LogP) is 0.345. The molecule has 4 heterocycles. The highest BCUT2D eigenvalue weighted by molar-refractivity contribution is 6.07. The maximum absolute atomic E-state index is 10.4. The Balaban J connectivity index is 2.24. The fourth-order valence-electron chi connectivity index (χ4n) is 2.79. The van der Waals surface area contributed by atoms with Crippen molar-refractivity contribution < 1.29 is 14.8 Å². The molecule has 0 fully saturated rings. The van der Waals surface area contributed by atoms with Crippen molar-refractivity contribution in [3.8, 4) is 22.9 Å². The number of hydrogen-bond donors (Lipinski definition) is 4. The molecule has 0 radical (unpaired) electrons. The third-order valence-corrected chi connectivity index (χ3v) is 3.98. The smallest absolute Gasteiger partial charge is 0.392 e. The van der Waals surface area contributed by atoms with Crippen molar-refractivity contribution in [2.45, 2.75) is 0 Å². The van der Waals surface area contributed by atoms with Crippen LogP contribution in [0.3, 0.4) is 0 Å². The number of fused-ring (bicyclic) bond motifs is 3. The Morgan fingerprint density at radius 3 is 2.62 bits per heavy atom. The molecule has 0 bridgehead atoms. The van der Waals surface area contributed by atoms with Gasteiger partial charge in [-0.1, -0.05) is 4.98 Å². The minimum atomic E-state index is -0.0598. The zero-order chi connectivity index (χ0) is 17.0. The molecule has 24 heavy (non-hydrogen) atoms. The lowest BCUT2D eigenvalue weighted by atomic mass is 10.1. The Morgan fingerprint density at radius 1 is 1.12 bits per heavy atom. The maximum atomic E-state index is 10.4. The molecule has 4 rings (SSSR count). The fraction of sp³-hybridized carbons (Fsp3) is 0.0667. The van der Waals surface area contributed by atoms with Crippen molar-refractivity contribution in [3.63, 3.8) is 0 Å². The largest absolute Gasteiger partial charge is 0.507 e. The normalized spacial score (nSPS) is 11.4. The molecule has 0 aliphatic rings. The van der Waals surface area contributed by atoms with Crippen LogP contribution < -0.4 is 16.0 Å². The first-order valence-corrected chi connectivity index (χ1v) is 7.07. The van der Waals surface area contributed by atoms with E-state index in [1.807, 2.05) is 0 Å². The number of aromatic nitrogens is 5. The van der Waals surface area contributed by atoms with Crippen LogP contribution in [0.4, 0.5) is 11.9 Å². The fourth-order valence-corrected chi connectivity index (χ4v) is 2.79. The molecule has 0 saturated heterocycles. The van der Waals surface area contributed by atoms with E-state index in [-0.39, 0.29) is 23.5 Å². The summed E-state index contributed by atoms with van der Waals surface area (Å²) in [4.78, 5) is 12.7. The van der Waals surface area contributed by atoms with Crippen LogP contribution in [0, 0.1) is 0 Å².